The summed E-state index contributed by atoms with van der Waals surface area (Å²) in [4.78, 5) is 27.6. The highest BCUT2D eigenvalue weighted by Crippen LogP contribution is 2.32. The summed E-state index contributed by atoms with van der Waals surface area (Å²) < 4.78 is 33.6. The van der Waals surface area contributed by atoms with Crippen molar-refractivity contribution >= 4 is 39.1 Å². The highest BCUT2D eigenvalue weighted by molar-refractivity contribution is 7.92. The summed E-state index contributed by atoms with van der Waals surface area (Å²) in [7, 11) is -1.23. The average Bonchev–Trinajstić information content (AvgIpc) is 2.90. The standard InChI is InChI=1S/C27H30ClN3O5S/c1-19-10-12-21(13-11-19)17-30(20(2)27(33)29-3)26(32)18-31(22-14-15-25(36-4)24(28)16-22)37(34,35)23-8-6-5-7-9-23/h5-16,20H,17-18H2,1-4H3,(H,29,33). The van der Waals surface area contributed by atoms with Crippen LogP contribution in [0.4, 0.5) is 5.69 Å². The highest BCUT2D eigenvalue weighted by Gasteiger charge is 2.32. The molecular weight excluding hydrogens is 514 g/mol. The van der Waals surface area contributed by atoms with Crippen molar-refractivity contribution < 1.29 is 22.7 Å². The third-order valence-electron chi connectivity index (χ3n) is 5.92. The van der Waals surface area contributed by atoms with Gasteiger partial charge in [0.25, 0.3) is 10.0 Å². The number of methoxy groups -OCH3 is 1. The minimum atomic E-state index is -4.16. The normalized spacial score (nSPS) is 11.9. The van der Waals surface area contributed by atoms with Crippen LogP contribution in [0.2, 0.25) is 5.02 Å². The maximum absolute atomic E-state index is 13.7. The molecule has 0 aliphatic heterocycles. The third-order valence-corrected chi connectivity index (χ3v) is 8.00. The van der Waals surface area contributed by atoms with E-state index in [-0.39, 0.29) is 28.1 Å². The van der Waals surface area contributed by atoms with Crippen molar-refractivity contribution in [2.75, 3.05) is 25.0 Å². The fraction of sp³-hybridized carbons (Fsp3) is 0.259. The highest BCUT2D eigenvalue weighted by atomic mass is 35.5. The van der Waals surface area contributed by atoms with Crippen LogP contribution < -0.4 is 14.4 Å². The average molecular weight is 544 g/mol. The molecule has 1 atom stereocenters. The minimum Gasteiger partial charge on any atom is -0.495 e. The lowest BCUT2D eigenvalue weighted by Crippen LogP contribution is -2.50. The SMILES string of the molecule is CNC(=O)C(C)N(Cc1ccc(C)cc1)C(=O)CN(c1ccc(OC)c(Cl)c1)S(=O)(=O)c1ccccc1. The molecule has 0 fully saturated rings. The molecule has 37 heavy (non-hydrogen) atoms. The molecule has 2 amide bonds. The van der Waals surface area contributed by atoms with Gasteiger partial charge in [0, 0.05) is 13.6 Å². The molecule has 1 N–H and O–H groups in total. The first-order chi connectivity index (χ1) is 17.6. The number of aryl methyl sites for hydroxylation is 1. The molecule has 0 saturated carbocycles. The van der Waals surface area contributed by atoms with Gasteiger partial charge in [-0.25, -0.2) is 8.42 Å². The molecule has 3 rings (SSSR count). The van der Waals surface area contributed by atoms with Gasteiger partial charge >= 0.3 is 0 Å². The van der Waals surface area contributed by atoms with Gasteiger partial charge in [-0.3, -0.25) is 13.9 Å². The van der Waals surface area contributed by atoms with Gasteiger partial charge in [-0.1, -0.05) is 59.6 Å². The largest absolute Gasteiger partial charge is 0.495 e. The molecule has 0 radical (unpaired) electrons. The second-order valence-corrected chi connectivity index (χ2v) is 10.7. The van der Waals surface area contributed by atoms with E-state index in [1.807, 2.05) is 31.2 Å². The van der Waals surface area contributed by atoms with Crippen molar-refractivity contribution in [2.24, 2.45) is 0 Å². The Morgan fingerprint density at radius 2 is 1.68 bits per heavy atom. The number of carbonyl (C=O) groups is 2. The van der Waals surface area contributed by atoms with E-state index >= 15 is 0 Å². The van der Waals surface area contributed by atoms with Gasteiger partial charge in [0.05, 0.1) is 22.7 Å². The number of hydrogen-bond acceptors (Lipinski definition) is 5. The lowest BCUT2D eigenvalue weighted by Gasteiger charge is -2.32. The van der Waals surface area contributed by atoms with Gasteiger partial charge in [-0.05, 0) is 49.7 Å². The zero-order valence-electron chi connectivity index (χ0n) is 21.1. The fourth-order valence-electron chi connectivity index (χ4n) is 3.74. The summed E-state index contributed by atoms with van der Waals surface area (Å²) in [6.07, 6.45) is 0. The first-order valence-electron chi connectivity index (χ1n) is 11.6. The quantitative estimate of drug-likeness (QED) is 0.417. The zero-order valence-corrected chi connectivity index (χ0v) is 22.7. The summed E-state index contributed by atoms with van der Waals surface area (Å²) in [6, 6.07) is 19.0. The first-order valence-corrected chi connectivity index (χ1v) is 13.4. The van der Waals surface area contributed by atoms with E-state index in [9.17, 15) is 18.0 Å². The van der Waals surface area contributed by atoms with Crippen LogP contribution in [0.3, 0.4) is 0 Å². The molecule has 0 aliphatic rings. The first kappa shape index (κ1) is 28.0. The Morgan fingerprint density at radius 3 is 2.24 bits per heavy atom. The van der Waals surface area contributed by atoms with Gasteiger partial charge in [0.2, 0.25) is 11.8 Å². The molecule has 0 aliphatic carbocycles. The molecule has 1 unspecified atom stereocenters. The molecule has 3 aromatic carbocycles. The fourth-order valence-corrected chi connectivity index (χ4v) is 5.42. The van der Waals surface area contributed by atoms with Crippen LogP contribution in [0.5, 0.6) is 5.75 Å². The maximum Gasteiger partial charge on any atom is 0.264 e. The van der Waals surface area contributed by atoms with Crippen LogP contribution in [0.15, 0.2) is 77.7 Å². The van der Waals surface area contributed by atoms with Gasteiger partial charge < -0.3 is 15.0 Å². The van der Waals surface area contributed by atoms with E-state index in [1.54, 1.807) is 25.1 Å². The van der Waals surface area contributed by atoms with Gasteiger partial charge in [0.15, 0.2) is 0 Å². The molecule has 0 spiro atoms. The monoisotopic (exact) mass is 543 g/mol. The predicted octanol–water partition coefficient (Wildman–Crippen LogP) is 4.02. The number of halogens is 1. The molecule has 0 aromatic heterocycles. The van der Waals surface area contributed by atoms with Crippen molar-refractivity contribution in [3.63, 3.8) is 0 Å². The number of amides is 2. The predicted molar refractivity (Wildman–Crippen MR) is 144 cm³/mol. The van der Waals surface area contributed by atoms with Crippen molar-refractivity contribution in [3.8, 4) is 5.75 Å². The van der Waals surface area contributed by atoms with Crippen LogP contribution in [0.25, 0.3) is 0 Å². The molecule has 3 aromatic rings. The van der Waals surface area contributed by atoms with Crippen LogP contribution in [-0.2, 0) is 26.2 Å². The van der Waals surface area contributed by atoms with E-state index in [1.165, 1.54) is 49.4 Å². The summed E-state index contributed by atoms with van der Waals surface area (Å²) in [5, 5.41) is 2.75. The molecule has 196 valence electrons. The molecule has 8 nitrogen and oxygen atoms in total. The number of sulfonamides is 1. The Hall–Kier alpha value is -3.56. The van der Waals surface area contributed by atoms with Crippen LogP contribution >= 0.6 is 11.6 Å². The van der Waals surface area contributed by atoms with Crippen LogP contribution in [0.1, 0.15) is 18.1 Å². The van der Waals surface area contributed by atoms with Gasteiger partial charge in [0.1, 0.15) is 18.3 Å². The molecule has 0 bridgehead atoms. The number of benzene rings is 3. The van der Waals surface area contributed by atoms with Crippen molar-refractivity contribution in [1.29, 1.82) is 0 Å². The molecule has 10 heteroatoms. The van der Waals surface area contributed by atoms with E-state index in [4.69, 9.17) is 16.3 Å². The Labute approximate surface area is 222 Å². The Bertz CT molecular complexity index is 1350. The number of rotatable bonds is 10. The number of nitrogens with zero attached hydrogens (tertiary/aromatic N) is 2. The van der Waals surface area contributed by atoms with E-state index in [2.05, 4.69) is 5.32 Å². The molecule has 0 saturated heterocycles. The lowest BCUT2D eigenvalue weighted by atomic mass is 10.1. The molecular formula is C27H30ClN3O5S. The number of nitrogens with one attached hydrogen (secondary N) is 1. The van der Waals surface area contributed by atoms with Crippen molar-refractivity contribution in [2.45, 2.75) is 31.3 Å². The smallest absolute Gasteiger partial charge is 0.264 e. The lowest BCUT2D eigenvalue weighted by molar-refractivity contribution is -0.139. The van der Waals surface area contributed by atoms with Crippen LogP contribution in [-0.4, -0.2) is 51.9 Å². The number of carbonyl (C=O) groups excluding carboxylic acids is 2. The van der Waals surface area contributed by atoms with Crippen molar-refractivity contribution in [1.82, 2.24) is 10.2 Å². The summed E-state index contributed by atoms with van der Waals surface area (Å²) in [5.41, 5.74) is 2.04. The Kier molecular flexibility index (Phi) is 9.18. The number of likely N-dealkylation sites (N-methyl/N-ethyl adjacent to an activating group) is 1. The molecule has 0 heterocycles. The Morgan fingerprint density at radius 1 is 1.03 bits per heavy atom. The second kappa shape index (κ2) is 12.1. The maximum atomic E-state index is 13.7. The number of ether oxygens (including phenoxy) is 1. The summed E-state index contributed by atoms with van der Waals surface area (Å²) in [5.74, 6) is -0.559. The number of anilines is 1. The number of hydrogen-bond donors (Lipinski definition) is 1. The van der Waals surface area contributed by atoms with Gasteiger partial charge in [-0.15, -0.1) is 0 Å². The van der Waals surface area contributed by atoms with Crippen LogP contribution in [0, 0.1) is 6.92 Å². The van der Waals surface area contributed by atoms with E-state index in [0.29, 0.717) is 5.75 Å². The van der Waals surface area contributed by atoms with E-state index in [0.717, 1.165) is 15.4 Å². The second-order valence-electron chi connectivity index (χ2n) is 8.44. The topological polar surface area (TPSA) is 96.0 Å². The summed E-state index contributed by atoms with van der Waals surface area (Å²) in [6.45, 7) is 3.13. The van der Waals surface area contributed by atoms with Crippen molar-refractivity contribution in [3.05, 3.63) is 88.9 Å². The minimum absolute atomic E-state index is 0.0131. The summed E-state index contributed by atoms with van der Waals surface area (Å²) >= 11 is 6.30. The third kappa shape index (κ3) is 6.61. The van der Waals surface area contributed by atoms with Gasteiger partial charge in [-0.2, -0.15) is 0 Å². The zero-order chi connectivity index (χ0) is 27.2. The Balaban J connectivity index is 2.05. The van der Waals surface area contributed by atoms with E-state index < -0.39 is 28.5 Å².